The Kier molecular flexibility index (Phi) is 4.20. The van der Waals surface area contributed by atoms with E-state index < -0.39 is 0 Å². The van der Waals surface area contributed by atoms with Crippen molar-refractivity contribution in [3.05, 3.63) is 70.3 Å². The number of hydrogen-bond donors (Lipinski definition) is 0. The van der Waals surface area contributed by atoms with Crippen molar-refractivity contribution < 1.29 is 0 Å². The Hall–Kier alpha value is -1.82. The summed E-state index contributed by atoms with van der Waals surface area (Å²) in [5.74, 6) is 0. The lowest BCUT2D eigenvalue weighted by molar-refractivity contribution is 0.331. The molecule has 0 aliphatic heterocycles. The zero-order valence-corrected chi connectivity index (χ0v) is 16.0. The third-order valence-corrected chi connectivity index (χ3v) is 5.81. The lowest BCUT2D eigenvalue weighted by Gasteiger charge is -2.42. The van der Waals surface area contributed by atoms with Gasteiger partial charge in [-0.05, 0) is 70.9 Å². The molecule has 0 fully saturated rings. The van der Waals surface area contributed by atoms with Crippen LogP contribution in [0.4, 0.5) is 0 Å². The van der Waals surface area contributed by atoms with Crippen LogP contribution >= 0.6 is 0 Å². The molecule has 0 unspecified atom stereocenters. The van der Waals surface area contributed by atoms with Crippen LogP contribution in [0.1, 0.15) is 75.3 Å². The van der Waals surface area contributed by atoms with Gasteiger partial charge in [-0.15, -0.1) is 0 Å². The number of aryl methyl sites for hydroxylation is 1. The minimum Gasteiger partial charge on any atom is -0.0622 e. The minimum atomic E-state index is 0.264. The standard InChI is InChI=1S/C24H30/c1-17(14-19-10-8-7-9-11-19)20-16-22-21(15-18(20)2)23(3,4)12-13-24(22,5)6/h7-11,14-16H,12-13H2,1-6H3. The Morgan fingerprint density at radius 3 is 2.00 bits per heavy atom. The first-order chi connectivity index (χ1) is 11.2. The van der Waals surface area contributed by atoms with Gasteiger partial charge >= 0.3 is 0 Å². The van der Waals surface area contributed by atoms with Crippen molar-refractivity contribution in [1.82, 2.24) is 0 Å². The zero-order valence-electron chi connectivity index (χ0n) is 16.0. The van der Waals surface area contributed by atoms with Crippen molar-refractivity contribution in [3.63, 3.8) is 0 Å². The molecule has 0 atom stereocenters. The summed E-state index contributed by atoms with van der Waals surface area (Å²) < 4.78 is 0. The van der Waals surface area contributed by atoms with Crippen LogP contribution in [0.25, 0.3) is 11.6 Å². The number of benzene rings is 2. The maximum absolute atomic E-state index is 2.47. The summed E-state index contributed by atoms with van der Waals surface area (Å²) in [7, 11) is 0. The molecule has 126 valence electrons. The number of allylic oxidation sites excluding steroid dienone is 1. The Labute approximate surface area is 147 Å². The van der Waals surface area contributed by atoms with Gasteiger partial charge in [-0.2, -0.15) is 0 Å². The van der Waals surface area contributed by atoms with Crippen LogP contribution in [0.15, 0.2) is 42.5 Å². The van der Waals surface area contributed by atoms with Crippen LogP contribution in [0.3, 0.4) is 0 Å². The second-order valence-corrected chi connectivity index (χ2v) is 8.72. The molecule has 2 aromatic rings. The Morgan fingerprint density at radius 1 is 0.875 bits per heavy atom. The second kappa shape index (κ2) is 5.92. The Morgan fingerprint density at radius 2 is 1.42 bits per heavy atom. The smallest absolute Gasteiger partial charge is 0.0100 e. The average Bonchev–Trinajstić information content (AvgIpc) is 2.52. The van der Waals surface area contributed by atoms with E-state index in [0.717, 1.165) is 0 Å². The van der Waals surface area contributed by atoms with Crippen molar-refractivity contribution in [3.8, 4) is 0 Å². The van der Waals surface area contributed by atoms with E-state index in [2.05, 4.69) is 90.1 Å². The van der Waals surface area contributed by atoms with E-state index in [4.69, 9.17) is 0 Å². The van der Waals surface area contributed by atoms with E-state index in [1.54, 1.807) is 11.1 Å². The molecule has 24 heavy (non-hydrogen) atoms. The molecule has 0 bridgehead atoms. The van der Waals surface area contributed by atoms with Crippen molar-refractivity contribution in [2.24, 2.45) is 0 Å². The summed E-state index contributed by atoms with van der Waals surface area (Å²) in [5.41, 5.74) is 9.04. The predicted molar refractivity (Wildman–Crippen MR) is 106 cm³/mol. The molecule has 1 aliphatic carbocycles. The molecule has 1 aliphatic rings. The van der Waals surface area contributed by atoms with Gasteiger partial charge in [-0.3, -0.25) is 0 Å². The van der Waals surface area contributed by atoms with Crippen molar-refractivity contribution in [2.45, 2.75) is 65.2 Å². The molecular weight excluding hydrogens is 288 g/mol. The average molecular weight is 319 g/mol. The van der Waals surface area contributed by atoms with E-state index >= 15 is 0 Å². The molecule has 0 heteroatoms. The zero-order chi connectivity index (χ0) is 17.5. The summed E-state index contributed by atoms with van der Waals surface area (Å²) >= 11 is 0. The van der Waals surface area contributed by atoms with Gasteiger partial charge in [-0.25, -0.2) is 0 Å². The van der Waals surface area contributed by atoms with E-state index in [0.29, 0.717) is 0 Å². The molecule has 0 N–H and O–H groups in total. The molecule has 0 spiro atoms. The third kappa shape index (κ3) is 3.07. The fourth-order valence-corrected chi connectivity index (χ4v) is 4.02. The second-order valence-electron chi connectivity index (χ2n) is 8.72. The monoisotopic (exact) mass is 318 g/mol. The molecule has 0 heterocycles. The molecule has 0 amide bonds. The fourth-order valence-electron chi connectivity index (χ4n) is 4.02. The van der Waals surface area contributed by atoms with Crippen LogP contribution in [-0.4, -0.2) is 0 Å². The highest BCUT2D eigenvalue weighted by atomic mass is 14.4. The summed E-state index contributed by atoms with van der Waals surface area (Å²) in [6, 6.07) is 15.5. The molecule has 0 saturated carbocycles. The van der Waals surface area contributed by atoms with Crippen LogP contribution in [0.2, 0.25) is 0 Å². The van der Waals surface area contributed by atoms with E-state index in [9.17, 15) is 0 Å². The summed E-state index contributed by atoms with van der Waals surface area (Å²) in [5, 5.41) is 0. The highest BCUT2D eigenvalue weighted by molar-refractivity contribution is 5.82. The maximum Gasteiger partial charge on any atom is -0.0100 e. The van der Waals surface area contributed by atoms with Gasteiger partial charge in [0.15, 0.2) is 0 Å². The maximum atomic E-state index is 2.47. The van der Waals surface area contributed by atoms with E-state index in [1.165, 1.54) is 35.1 Å². The molecule has 0 aromatic heterocycles. The van der Waals surface area contributed by atoms with Gasteiger partial charge < -0.3 is 0 Å². The molecule has 2 aromatic carbocycles. The first kappa shape index (κ1) is 17.0. The van der Waals surface area contributed by atoms with Gasteiger partial charge in [0.25, 0.3) is 0 Å². The van der Waals surface area contributed by atoms with Crippen LogP contribution < -0.4 is 0 Å². The largest absolute Gasteiger partial charge is 0.0622 e. The van der Waals surface area contributed by atoms with Crippen LogP contribution in [-0.2, 0) is 10.8 Å². The van der Waals surface area contributed by atoms with E-state index in [1.807, 2.05) is 0 Å². The number of rotatable bonds is 2. The summed E-state index contributed by atoms with van der Waals surface area (Å²) in [6.07, 6.45) is 4.83. The van der Waals surface area contributed by atoms with Gasteiger partial charge in [0, 0.05) is 0 Å². The Balaban J connectivity index is 2.13. The number of fused-ring (bicyclic) bond motifs is 1. The quantitative estimate of drug-likeness (QED) is 0.528. The molecule has 0 nitrogen and oxygen atoms in total. The molecule has 0 saturated heterocycles. The predicted octanol–water partition coefficient (Wildman–Crippen LogP) is 6.90. The van der Waals surface area contributed by atoms with Crippen LogP contribution in [0.5, 0.6) is 0 Å². The third-order valence-electron chi connectivity index (χ3n) is 5.81. The minimum absolute atomic E-state index is 0.264. The van der Waals surface area contributed by atoms with Crippen LogP contribution in [0, 0.1) is 6.92 Å². The topological polar surface area (TPSA) is 0 Å². The first-order valence-corrected chi connectivity index (χ1v) is 9.10. The Bertz CT molecular complexity index is 773. The molecule has 0 radical (unpaired) electrons. The van der Waals surface area contributed by atoms with E-state index in [-0.39, 0.29) is 10.8 Å². The highest BCUT2D eigenvalue weighted by Crippen LogP contribution is 2.47. The van der Waals surface area contributed by atoms with Gasteiger partial charge in [0.05, 0.1) is 0 Å². The lowest BCUT2D eigenvalue weighted by Crippen LogP contribution is -2.34. The molecular formula is C24H30. The SMILES string of the molecule is CC(=Cc1ccccc1)c1cc2c(cc1C)C(C)(C)CCC2(C)C. The molecule has 3 rings (SSSR count). The van der Waals surface area contributed by atoms with Crippen molar-refractivity contribution in [2.75, 3.05) is 0 Å². The van der Waals surface area contributed by atoms with Gasteiger partial charge in [0.1, 0.15) is 0 Å². The highest BCUT2D eigenvalue weighted by Gasteiger charge is 2.37. The normalized spacial score (nSPS) is 19.0. The van der Waals surface area contributed by atoms with Crippen molar-refractivity contribution >= 4 is 11.6 Å². The van der Waals surface area contributed by atoms with Gasteiger partial charge in [0.2, 0.25) is 0 Å². The first-order valence-electron chi connectivity index (χ1n) is 9.10. The van der Waals surface area contributed by atoms with Gasteiger partial charge in [-0.1, -0.05) is 76.2 Å². The summed E-state index contributed by atoms with van der Waals surface area (Å²) in [4.78, 5) is 0. The van der Waals surface area contributed by atoms with Crippen molar-refractivity contribution in [1.29, 1.82) is 0 Å². The fraction of sp³-hybridized carbons (Fsp3) is 0.417. The lowest BCUT2D eigenvalue weighted by atomic mass is 9.62. The summed E-state index contributed by atoms with van der Waals surface area (Å²) in [6.45, 7) is 14.1. The number of hydrogen-bond acceptors (Lipinski definition) is 0.